The molecule has 0 bridgehead atoms. The van der Waals surface area contributed by atoms with Crippen LogP contribution in [-0.4, -0.2) is 28.2 Å². The third-order valence-corrected chi connectivity index (χ3v) is 3.80. The summed E-state index contributed by atoms with van der Waals surface area (Å²) in [6, 6.07) is 1.95. The van der Waals surface area contributed by atoms with Crippen molar-refractivity contribution in [1.29, 1.82) is 0 Å². The van der Waals surface area contributed by atoms with Crippen molar-refractivity contribution < 1.29 is 4.52 Å². The fourth-order valence-corrected chi connectivity index (χ4v) is 2.56. The molecule has 100 valence electrons. The molecule has 0 aliphatic carbocycles. The standard InChI is InChI=1S/C14H18N4O/c1-3-10-7-15-5-4-11(10)13-17-14(19-18-13)12-8-16-6-9(12)2/h4-5,7,9,12,16H,3,6,8H2,1-2H3/t9-,12-/m1/s1. The number of hydrogen-bond acceptors (Lipinski definition) is 5. The second-order valence-corrected chi connectivity index (χ2v) is 5.08. The molecule has 0 radical (unpaired) electrons. The van der Waals surface area contributed by atoms with E-state index < -0.39 is 0 Å². The smallest absolute Gasteiger partial charge is 0.231 e. The minimum atomic E-state index is 0.327. The molecule has 19 heavy (non-hydrogen) atoms. The molecule has 1 fully saturated rings. The SMILES string of the molecule is CCc1cnccc1-c1noc([C@@H]2CNC[C@H]2C)n1. The fraction of sp³-hybridized carbons (Fsp3) is 0.500. The third kappa shape index (κ3) is 2.26. The van der Waals surface area contributed by atoms with Crippen LogP contribution in [0.25, 0.3) is 11.4 Å². The molecule has 5 nitrogen and oxygen atoms in total. The maximum Gasteiger partial charge on any atom is 0.231 e. The lowest BCUT2D eigenvalue weighted by molar-refractivity contribution is 0.340. The molecule has 0 aromatic carbocycles. The summed E-state index contributed by atoms with van der Waals surface area (Å²) in [5.74, 6) is 2.28. The maximum atomic E-state index is 5.45. The highest BCUT2D eigenvalue weighted by Crippen LogP contribution is 2.28. The number of nitrogens with one attached hydrogen (secondary N) is 1. The van der Waals surface area contributed by atoms with Gasteiger partial charge in [0.15, 0.2) is 0 Å². The van der Waals surface area contributed by atoms with E-state index in [1.165, 1.54) is 0 Å². The van der Waals surface area contributed by atoms with E-state index >= 15 is 0 Å². The third-order valence-electron chi connectivity index (χ3n) is 3.80. The zero-order valence-electron chi connectivity index (χ0n) is 11.3. The first-order valence-corrected chi connectivity index (χ1v) is 6.77. The van der Waals surface area contributed by atoms with Crippen LogP contribution in [0.1, 0.15) is 31.2 Å². The highest BCUT2D eigenvalue weighted by Gasteiger charge is 2.29. The summed E-state index contributed by atoms with van der Waals surface area (Å²) in [6.45, 7) is 6.24. The lowest BCUT2D eigenvalue weighted by atomic mass is 9.98. The summed E-state index contributed by atoms with van der Waals surface area (Å²) < 4.78 is 5.45. The quantitative estimate of drug-likeness (QED) is 0.912. The van der Waals surface area contributed by atoms with Gasteiger partial charge in [-0.25, -0.2) is 0 Å². The number of hydrogen-bond donors (Lipinski definition) is 1. The van der Waals surface area contributed by atoms with Crippen molar-refractivity contribution in [2.45, 2.75) is 26.2 Å². The minimum absolute atomic E-state index is 0.327. The van der Waals surface area contributed by atoms with E-state index in [4.69, 9.17) is 4.52 Å². The van der Waals surface area contributed by atoms with Gasteiger partial charge in [0.2, 0.25) is 11.7 Å². The summed E-state index contributed by atoms with van der Waals surface area (Å²) in [7, 11) is 0. The van der Waals surface area contributed by atoms with Crippen LogP contribution < -0.4 is 5.32 Å². The second kappa shape index (κ2) is 5.09. The van der Waals surface area contributed by atoms with Crippen molar-refractivity contribution in [2.75, 3.05) is 13.1 Å². The van der Waals surface area contributed by atoms with Gasteiger partial charge < -0.3 is 9.84 Å². The van der Waals surface area contributed by atoms with Crippen molar-refractivity contribution in [2.24, 2.45) is 5.92 Å². The van der Waals surface area contributed by atoms with Gasteiger partial charge in [-0.05, 0) is 30.5 Å². The highest BCUT2D eigenvalue weighted by molar-refractivity contribution is 5.58. The average Bonchev–Trinajstić information content (AvgIpc) is 3.07. The van der Waals surface area contributed by atoms with Crippen LogP contribution in [0.5, 0.6) is 0 Å². The summed E-state index contributed by atoms with van der Waals surface area (Å²) in [5, 5.41) is 7.49. The molecule has 3 rings (SSSR count). The maximum absolute atomic E-state index is 5.45. The normalized spacial score (nSPS) is 22.8. The molecule has 0 saturated carbocycles. The predicted molar refractivity (Wildman–Crippen MR) is 71.7 cm³/mol. The van der Waals surface area contributed by atoms with Gasteiger partial charge in [0.05, 0.1) is 5.92 Å². The Kier molecular flexibility index (Phi) is 3.29. The first kappa shape index (κ1) is 12.3. The molecule has 1 aliphatic rings. The van der Waals surface area contributed by atoms with Crippen LogP contribution in [0, 0.1) is 5.92 Å². The first-order chi connectivity index (χ1) is 9.29. The molecule has 1 N–H and O–H groups in total. The van der Waals surface area contributed by atoms with Crippen LogP contribution in [0.2, 0.25) is 0 Å². The van der Waals surface area contributed by atoms with Gasteiger partial charge in [0.25, 0.3) is 0 Å². The summed E-state index contributed by atoms with van der Waals surface area (Å²) in [5.41, 5.74) is 2.17. The number of aromatic nitrogens is 3. The van der Waals surface area contributed by atoms with Gasteiger partial charge >= 0.3 is 0 Å². The molecular weight excluding hydrogens is 240 g/mol. The van der Waals surface area contributed by atoms with Crippen LogP contribution >= 0.6 is 0 Å². The Morgan fingerprint density at radius 2 is 2.32 bits per heavy atom. The molecule has 2 aromatic heterocycles. The molecule has 2 atom stereocenters. The van der Waals surface area contributed by atoms with Gasteiger partial charge in [-0.15, -0.1) is 0 Å². The molecular formula is C14H18N4O. The van der Waals surface area contributed by atoms with Crippen molar-refractivity contribution in [3.05, 3.63) is 29.9 Å². The Bertz CT molecular complexity index is 566. The van der Waals surface area contributed by atoms with E-state index in [1.54, 1.807) is 6.20 Å². The van der Waals surface area contributed by atoms with Crippen molar-refractivity contribution in [1.82, 2.24) is 20.4 Å². The number of aryl methyl sites for hydroxylation is 1. The van der Waals surface area contributed by atoms with E-state index in [0.717, 1.165) is 36.5 Å². The topological polar surface area (TPSA) is 63.8 Å². The molecule has 0 amide bonds. The molecule has 1 aliphatic heterocycles. The molecule has 1 saturated heterocycles. The monoisotopic (exact) mass is 258 g/mol. The average molecular weight is 258 g/mol. The van der Waals surface area contributed by atoms with E-state index in [9.17, 15) is 0 Å². The Labute approximate surface area is 112 Å². The zero-order chi connectivity index (χ0) is 13.2. The van der Waals surface area contributed by atoms with E-state index in [-0.39, 0.29) is 0 Å². The largest absolute Gasteiger partial charge is 0.339 e. The molecule has 2 aromatic rings. The lowest BCUT2D eigenvalue weighted by Crippen LogP contribution is -2.08. The Morgan fingerprint density at radius 1 is 1.42 bits per heavy atom. The van der Waals surface area contributed by atoms with E-state index in [1.807, 2.05) is 12.3 Å². The Morgan fingerprint density at radius 3 is 3.05 bits per heavy atom. The van der Waals surface area contributed by atoms with Crippen molar-refractivity contribution in [3.8, 4) is 11.4 Å². The minimum Gasteiger partial charge on any atom is -0.339 e. The van der Waals surface area contributed by atoms with Crippen molar-refractivity contribution >= 4 is 0 Å². The van der Waals surface area contributed by atoms with Crippen LogP contribution in [0.15, 0.2) is 23.0 Å². The summed E-state index contributed by atoms with van der Waals surface area (Å²) in [4.78, 5) is 8.72. The van der Waals surface area contributed by atoms with Gasteiger partial charge in [-0.1, -0.05) is 19.0 Å². The van der Waals surface area contributed by atoms with Gasteiger partial charge in [0, 0.05) is 24.5 Å². The predicted octanol–water partition coefficient (Wildman–Crippen LogP) is 2.02. The summed E-state index contributed by atoms with van der Waals surface area (Å²) >= 11 is 0. The second-order valence-electron chi connectivity index (χ2n) is 5.08. The fourth-order valence-electron chi connectivity index (χ4n) is 2.56. The molecule has 0 spiro atoms. The Hall–Kier alpha value is -1.75. The van der Waals surface area contributed by atoms with Crippen LogP contribution in [0.3, 0.4) is 0 Å². The first-order valence-electron chi connectivity index (χ1n) is 6.77. The Balaban J connectivity index is 1.92. The van der Waals surface area contributed by atoms with Gasteiger partial charge in [0.1, 0.15) is 0 Å². The molecule has 0 unspecified atom stereocenters. The highest BCUT2D eigenvalue weighted by atomic mass is 16.5. The number of rotatable bonds is 3. The van der Waals surface area contributed by atoms with Crippen LogP contribution in [-0.2, 0) is 6.42 Å². The van der Waals surface area contributed by atoms with E-state index in [0.29, 0.717) is 17.7 Å². The zero-order valence-corrected chi connectivity index (χ0v) is 11.3. The summed E-state index contributed by atoms with van der Waals surface area (Å²) in [6.07, 6.45) is 4.55. The van der Waals surface area contributed by atoms with Crippen molar-refractivity contribution in [3.63, 3.8) is 0 Å². The van der Waals surface area contributed by atoms with E-state index in [2.05, 4.69) is 34.3 Å². The van der Waals surface area contributed by atoms with Gasteiger partial charge in [-0.2, -0.15) is 4.98 Å². The lowest BCUT2D eigenvalue weighted by Gasteiger charge is -2.07. The number of nitrogens with zero attached hydrogens (tertiary/aromatic N) is 3. The molecule has 3 heterocycles. The van der Waals surface area contributed by atoms with Gasteiger partial charge in [-0.3, -0.25) is 4.98 Å². The van der Waals surface area contributed by atoms with Crippen LogP contribution in [0.4, 0.5) is 0 Å². The molecule has 5 heteroatoms. The number of pyridine rings is 1.